The summed E-state index contributed by atoms with van der Waals surface area (Å²) >= 11 is 1.78. The molecule has 0 bridgehead atoms. The number of benzene rings is 2. The molecule has 102 valence electrons. The van der Waals surface area contributed by atoms with Crippen LogP contribution in [-0.2, 0) is 4.79 Å². The van der Waals surface area contributed by atoms with Crippen molar-refractivity contribution in [2.45, 2.75) is 10.9 Å². The molecule has 2 aromatic carbocycles. The normalized spacial score (nSPS) is 15.6. The highest BCUT2D eigenvalue weighted by Gasteiger charge is 2.27. The molecule has 0 aliphatic carbocycles. The van der Waals surface area contributed by atoms with Crippen LogP contribution < -0.4 is 10.6 Å². The number of carbonyl (C=O) groups is 1. The molecule has 1 heterocycles. The maximum absolute atomic E-state index is 12.7. The molecule has 0 saturated carbocycles. The Kier molecular flexibility index (Phi) is 3.76. The number of anilines is 1. The largest absolute Gasteiger partial charge is 0.316 e. The number of hydrogen-bond donors (Lipinski definition) is 1. The van der Waals surface area contributed by atoms with Gasteiger partial charge in [0.25, 0.3) is 0 Å². The van der Waals surface area contributed by atoms with E-state index in [-0.39, 0.29) is 5.91 Å². The van der Waals surface area contributed by atoms with Crippen LogP contribution in [0.2, 0.25) is 0 Å². The van der Waals surface area contributed by atoms with E-state index in [9.17, 15) is 4.79 Å². The van der Waals surface area contributed by atoms with Gasteiger partial charge in [-0.1, -0.05) is 42.5 Å². The van der Waals surface area contributed by atoms with Crippen LogP contribution in [0.25, 0.3) is 0 Å². The van der Waals surface area contributed by atoms with Crippen LogP contribution in [0.1, 0.15) is 11.6 Å². The molecule has 3 nitrogen and oxygen atoms in total. The Morgan fingerprint density at radius 2 is 1.80 bits per heavy atom. The number of nitrogens with two attached hydrogens (primary N) is 1. The van der Waals surface area contributed by atoms with Crippen molar-refractivity contribution in [2.75, 3.05) is 17.2 Å². The second kappa shape index (κ2) is 5.69. The van der Waals surface area contributed by atoms with Gasteiger partial charge in [-0.15, -0.1) is 11.8 Å². The van der Waals surface area contributed by atoms with Gasteiger partial charge in [0.05, 0.1) is 5.69 Å². The zero-order chi connectivity index (χ0) is 13.9. The molecule has 1 aliphatic rings. The van der Waals surface area contributed by atoms with E-state index in [0.29, 0.717) is 6.54 Å². The number of carbonyl (C=O) groups excluding carboxylic acids is 1. The summed E-state index contributed by atoms with van der Waals surface area (Å²) in [5, 5.41) is 0. The van der Waals surface area contributed by atoms with E-state index in [4.69, 9.17) is 5.73 Å². The lowest BCUT2D eigenvalue weighted by Crippen LogP contribution is -2.41. The zero-order valence-corrected chi connectivity index (χ0v) is 11.8. The van der Waals surface area contributed by atoms with Crippen molar-refractivity contribution in [1.82, 2.24) is 0 Å². The highest BCUT2D eigenvalue weighted by atomic mass is 32.2. The average Bonchev–Trinajstić information content (AvgIpc) is 2.54. The maximum Gasteiger partial charge on any atom is 0.248 e. The summed E-state index contributed by atoms with van der Waals surface area (Å²) < 4.78 is 0. The first-order valence-electron chi connectivity index (χ1n) is 6.61. The fourth-order valence-electron chi connectivity index (χ4n) is 2.37. The van der Waals surface area contributed by atoms with Gasteiger partial charge < -0.3 is 10.6 Å². The van der Waals surface area contributed by atoms with Gasteiger partial charge in [-0.25, -0.2) is 0 Å². The minimum Gasteiger partial charge on any atom is -0.316 e. The summed E-state index contributed by atoms with van der Waals surface area (Å²) in [5.41, 5.74) is 7.96. The number of fused-ring (bicyclic) bond motifs is 1. The van der Waals surface area contributed by atoms with Crippen LogP contribution in [0.15, 0.2) is 59.5 Å². The summed E-state index contributed by atoms with van der Waals surface area (Å²) in [6, 6.07) is 16.9. The standard InChI is InChI=1S/C16H16N2OS/c17-15(12-6-2-1-3-7-12)16(19)18-10-11-20-14-9-5-4-8-13(14)18/h1-9,15H,10-11,17H2/t15-/m0/s1. The van der Waals surface area contributed by atoms with Gasteiger partial charge in [-0.2, -0.15) is 0 Å². The Bertz CT molecular complexity index is 615. The van der Waals surface area contributed by atoms with E-state index in [1.54, 1.807) is 11.8 Å². The van der Waals surface area contributed by atoms with Gasteiger partial charge >= 0.3 is 0 Å². The number of rotatable bonds is 2. The van der Waals surface area contributed by atoms with E-state index in [0.717, 1.165) is 21.9 Å². The van der Waals surface area contributed by atoms with Crippen molar-refractivity contribution < 1.29 is 4.79 Å². The molecule has 1 aliphatic heterocycles. The van der Waals surface area contributed by atoms with E-state index < -0.39 is 6.04 Å². The maximum atomic E-state index is 12.7. The number of thioether (sulfide) groups is 1. The van der Waals surface area contributed by atoms with Crippen LogP contribution in [0.3, 0.4) is 0 Å². The molecule has 0 spiro atoms. The minimum absolute atomic E-state index is 0.0380. The van der Waals surface area contributed by atoms with Crippen molar-refractivity contribution in [3.8, 4) is 0 Å². The first-order valence-corrected chi connectivity index (χ1v) is 7.59. The topological polar surface area (TPSA) is 46.3 Å². The van der Waals surface area contributed by atoms with Gasteiger partial charge in [0.15, 0.2) is 0 Å². The Balaban J connectivity index is 1.89. The molecular weight excluding hydrogens is 268 g/mol. The van der Waals surface area contributed by atoms with Crippen LogP contribution in [0.5, 0.6) is 0 Å². The lowest BCUT2D eigenvalue weighted by Gasteiger charge is -2.31. The highest BCUT2D eigenvalue weighted by molar-refractivity contribution is 7.99. The summed E-state index contributed by atoms with van der Waals surface area (Å²) in [6.07, 6.45) is 0. The molecular formula is C16H16N2OS. The molecule has 1 atom stereocenters. The summed E-state index contributed by atoms with van der Waals surface area (Å²) in [7, 11) is 0. The first kappa shape index (κ1) is 13.2. The molecule has 2 aromatic rings. The molecule has 0 radical (unpaired) electrons. The predicted molar refractivity (Wildman–Crippen MR) is 82.9 cm³/mol. The number of hydrogen-bond acceptors (Lipinski definition) is 3. The fourth-order valence-corrected chi connectivity index (χ4v) is 3.36. The van der Waals surface area contributed by atoms with E-state index in [2.05, 4.69) is 0 Å². The summed E-state index contributed by atoms with van der Waals surface area (Å²) in [5.74, 6) is 0.869. The van der Waals surface area contributed by atoms with Crippen LogP contribution in [0.4, 0.5) is 5.69 Å². The molecule has 3 rings (SSSR count). The molecule has 20 heavy (non-hydrogen) atoms. The van der Waals surface area contributed by atoms with Crippen molar-refractivity contribution in [3.05, 3.63) is 60.2 Å². The molecule has 0 aromatic heterocycles. The van der Waals surface area contributed by atoms with Crippen LogP contribution in [0, 0.1) is 0 Å². The van der Waals surface area contributed by atoms with Crippen molar-refractivity contribution in [1.29, 1.82) is 0 Å². The van der Waals surface area contributed by atoms with Gasteiger partial charge in [0.2, 0.25) is 5.91 Å². The third-order valence-corrected chi connectivity index (χ3v) is 4.46. The Morgan fingerprint density at radius 3 is 2.60 bits per heavy atom. The predicted octanol–water partition coefficient (Wildman–Crippen LogP) is 2.83. The van der Waals surface area contributed by atoms with Crippen LogP contribution >= 0.6 is 11.8 Å². The molecule has 2 N–H and O–H groups in total. The lowest BCUT2D eigenvalue weighted by atomic mass is 10.1. The van der Waals surface area contributed by atoms with Gasteiger partial charge in [-0.05, 0) is 17.7 Å². The number of amides is 1. The third kappa shape index (κ3) is 2.44. The smallest absolute Gasteiger partial charge is 0.248 e. The zero-order valence-electron chi connectivity index (χ0n) is 11.0. The Hall–Kier alpha value is -1.78. The summed E-state index contributed by atoms with van der Waals surface area (Å²) in [4.78, 5) is 15.6. The van der Waals surface area contributed by atoms with Crippen molar-refractivity contribution >= 4 is 23.4 Å². The number of para-hydroxylation sites is 1. The minimum atomic E-state index is -0.604. The molecule has 0 unspecified atom stereocenters. The Labute approximate surface area is 122 Å². The van der Waals surface area contributed by atoms with Gasteiger partial charge in [0, 0.05) is 17.2 Å². The van der Waals surface area contributed by atoms with E-state index >= 15 is 0 Å². The molecule has 4 heteroatoms. The SMILES string of the molecule is N[C@H](C(=O)N1CCSc2ccccc21)c1ccccc1. The molecule has 1 amide bonds. The average molecular weight is 284 g/mol. The monoisotopic (exact) mass is 284 g/mol. The van der Waals surface area contributed by atoms with Gasteiger partial charge in [-0.3, -0.25) is 4.79 Å². The third-order valence-electron chi connectivity index (χ3n) is 3.42. The fraction of sp³-hybridized carbons (Fsp3) is 0.188. The van der Waals surface area contributed by atoms with Crippen LogP contribution in [-0.4, -0.2) is 18.2 Å². The van der Waals surface area contributed by atoms with E-state index in [1.807, 2.05) is 59.5 Å². The first-order chi connectivity index (χ1) is 9.77. The lowest BCUT2D eigenvalue weighted by molar-refractivity contribution is -0.119. The molecule has 0 saturated heterocycles. The summed E-state index contributed by atoms with van der Waals surface area (Å²) in [6.45, 7) is 0.709. The number of nitrogens with zero attached hydrogens (tertiary/aromatic N) is 1. The second-order valence-corrected chi connectivity index (χ2v) is 5.83. The Morgan fingerprint density at radius 1 is 1.10 bits per heavy atom. The second-order valence-electron chi connectivity index (χ2n) is 4.69. The van der Waals surface area contributed by atoms with E-state index in [1.165, 1.54) is 0 Å². The van der Waals surface area contributed by atoms with Gasteiger partial charge in [0.1, 0.15) is 6.04 Å². The molecule has 0 fully saturated rings. The highest BCUT2D eigenvalue weighted by Crippen LogP contribution is 2.35. The quantitative estimate of drug-likeness (QED) is 0.922. The van der Waals surface area contributed by atoms with Crippen molar-refractivity contribution in [3.63, 3.8) is 0 Å². The van der Waals surface area contributed by atoms with Crippen molar-refractivity contribution in [2.24, 2.45) is 5.73 Å².